The Morgan fingerprint density at radius 1 is 1.27 bits per heavy atom. The molecule has 1 fully saturated rings. The molecular formula is C25H32N2O3. The van der Waals surface area contributed by atoms with Crippen molar-refractivity contribution in [2.24, 2.45) is 0 Å². The van der Waals surface area contributed by atoms with Crippen LogP contribution in [0.4, 0.5) is 0 Å². The Kier molecular flexibility index (Phi) is 7.52. The molecular weight excluding hydrogens is 376 g/mol. The van der Waals surface area contributed by atoms with Gasteiger partial charge in [0.25, 0.3) is 5.91 Å². The molecule has 0 unspecified atom stereocenters. The monoisotopic (exact) mass is 408 g/mol. The van der Waals surface area contributed by atoms with Crippen molar-refractivity contribution in [2.75, 3.05) is 19.7 Å². The van der Waals surface area contributed by atoms with Crippen molar-refractivity contribution >= 4 is 5.91 Å². The van der Waals surface area contributed by atoms with E-state index in [1.807, 2.05) is 50.2 Å². The van der Waals surface area contributed by atoms with Crippen molar-refractivity contribution in [3.05, 3.63) is 71.3 Å². The Morgan fingerprint density at radius 3 is 2.63 bits per heavy atom. The topological polar surface area (TPSA) is 61.8 Å². The molecule has 5 nitrogen and oxygen atoms in total. The van der Waals surface area contributed by atoms with Crippen LogP contribution in [0.25, 0.3) is 0 Å². The van der Waals surface area contributed by atoms with Gasteiger partial charge in [0.2, 0.25) is 0 Å². The number of hydrogen-bond acceptors (Lipinski definition) is 4. The molecule has 0 aromatic heterocycles. The summed E-state index contributed by atoms with van der Waals surface area (Å²) in [6.45, 7) is 10.7. The van der Waals surface area contributed by atoms with Gasteiger partial charge in [-0.25, -0.2) is 0 Å². The van der Waals surface area contributed by atoms with Gasteiger partial charge in [0.15, 0.2) is 0 Å². The summed E-state index contributed by atoms with van der Waals surface area (Å²) in [6, 6.07) is 11.7. The third kappa shape index (κ3) is 5.42. The molecule has 1 saturated heterocycles. The van der Waals surface area contributed by atoms with Crippen molar-refractivity contribution in [3.63, 3.8) is 0 Å². The minimum Gasteiger partial charge on any atom is -0.507 e. The Bertz CT molecular complexity index is 886. The number of nitrogens with one attached hydrogen (secondary N) is 1. The fourth-order valence-corrected chi connectivity index (χ4v) is 3.98. The molecule has 1 aliphatic heterocycles. The van der Waals surface area contributed by atoms with Crippen molar-refractivity contribution in [1.29, 1.82) is 0 Å². The lowest BCUT2D eigenvalue weighted by molar-refractivity contribution is 0.0908. The first-order chi connectivity index (χ1) is 14.5. The highest BCUT2D eigenvalue weighted by Crippen LogP contribution is 2.31. The van der Waals surface area contributed by atoms with Crippen LogP contribution in [-0.2, 0) is 13.0 Å². The van der Waals surface area contributed by atoms with E-state index in [9.17, 15) is 9.90 Å². The van der Waals surface area contributed by atoms with Gasteiger partial charge in [-0.2, -0.15) is 0 Å². The number of nitrogens with zero attached hydrogens (tertiary/aromatic N) is 1. The second kappa shape index (κ2) is 10.3. The van der Waals surface area contributed by atoms with Gasteiger partial charge in [-0.3, -0.25) is 9.69 Å². The standard InChI is InChI=1S/C25H32N2O3/c1-4-8-19-15-22(30-5-2)16-20(24(19)28)17-27-13-11-21(12-14-27)26-25(29)23-10-7-6-9-18(23)3/h4,6-7,9-10,15-16,21,28H,1,5,8,11-14,17H2,2-3H3,(H,26,29). The minimum atomic E-state index is 0.00248. The molecule has 2 aromatic rings. The van der Waals surface area contributed by atoms with Crippen LogP contribution in [0.1, 0.15) is 46.8 Å². The average molecular weight is 409 g/mol. The summed E-state index contributed by atoms with van der Waals surface area (Å²) in [5, 5.41) is 13.9. The van der Waals surface area contributed by atoms with Crippen molar-refractivity contribution in [3.8, 4) is 11.5 Å². The number of piperidine rings is 1. The Balaban J connectivity index is 1.60. The highest BCUT2D eigenvalue weighted by molar-refractivity contribution is 5.95. The predicted octanol–water partition coefficient (Wildman–Crippen LogP) is 4.22. The molecule has 1 amide bonds. The molecule has 160 valence electrons. The first-order valence-corrected chi connectivity index (χ1v) is 10.7. The van der Waals surface area contributed by atoms with Crippen LogP contribution in [0.5, 0.6) is 11.5 Å². The van der Waals surface area contributed by atoms with E-state index in [4.69, 9.17) is 4.74 Å². The van der Waals surface area contributed by atoms with E-state index in [-0.39, 0.29) is 11.9 Å². The molecule has 0 radical (unpaired) electrons. The smallest absolute Gasteiger partial charge is 0.251 e. The zero-order chi connectivity index (χ0) is 21.5. The summed E-state index contributed by atoms with van der Waals surface area (Å²) in [4.78, 5) is 14.9. The highest BCUT2D eigenvalue weighted by atomic mass is 16.5. The predicted molar refractivity (Wildman–Crippen MR) is 120 cm³/mol. The zero-order valence-corrected chi connectivity index (χ0v) is 18.0. The first-order valence-electron chi connectivity index (χ1n) is 10.7. The van der Waals surface area contributed by atoms with Crippen LogP contribution in [-0.4, -0.2) is 41.7 Å². The van der Waals surface area contributed by atoms with E-state index in [1.165, 1.54) is 0 Å². The summed E-state index contributed by atoms with van der Waals surface area (Å²) in [6.07, 6.45) is 4.18. The summed E-state index contributed by atoms with van der Waals surface area (Å²) in [7, 11) is 0. The number of hydrogen-bond donors (Lipinski definition) is 2. The maximum Gasteiger partial charge on any atom is 0.251 e. The zero-order valence-electron chi connectivity index (χ0n) is 18.0. The second-order valence-corrected chi connectivity index (χ2v) is 7.85. The number of phenolic OH excluding ortho intramolecular Hbond substituents is 1. The van der Waals surface area contributed by atoms with Crippen LogP contribution in [0, 0.1) is 6.92 Å². The number of rotatable bonds is 8. The molecule has 0 saturated carbocycles. The van der Waals surface area contributed by atoms with Crippen molar-refractivity contribution in [2.45, 2.75) is 45.7 Å². The van der Waals surface area contributed by atoms with Gasteiger partial charge in [-0.15, -0.1) is 6.58 Å². The molecule has 0 spiro atoms. The van der Waals surface area contributed by atoms with Crippen LogP contribution in [0.15, 0.2) is 49.1 Å². The number of phenols is 1. The number of allylic oxidation sites excluding steroid dienone is 1. The lowest BCUT2D eigenvalue weighted by atomic mass is 10.0. The third-order valence-corrected chi connectivity index (χ3v) is 5.62. The van der Waals surface area contributed by atoms with E-state index in [1.54, 1.807) is 6.08 Å². The number of ether oxygens (including phenoxy) is 1. The number of carbonyl (C=O) groups is 1. The maximum atomic E-state index is 12.6. The lowest BCUT2D eigenvalue weighted by Crippen LogP contribution is -2.44. The normalized spacial score (nSPS) is 15.0. The first kappa shape index (κ1) is 21.9. The van der Waals surface area contributed by atoms with Gasteiger partial charge in [-0.05, 0) is 56.9 Å². The molecule has 3 rings (SSSR count). The second-order valence-electron chi connectivity index (χ2n) is 7.85. The summed E-state index contributed by atoms with van der Waals surface area (Å²) >= 11 is 0. The summed E-state index contributed by atoms with van der Waals surface area (Å²) in [5.41, 5.74) is 3.45. The van der Waals surface area contributed by atoms with Gasteiger partial charge in [0.1, 0.15) is 11.5 Å². The molecule has 1 aliphatic rings. The SMILES string of the molecule is C=CCc1cc(OCC)cc(CN2CCC(NC(=O)c3ccccc3C)CC2)c1O. The van der Waals surface area contributed by atoms with Gasteiger partial charge in [-0.1, -0.05) is 24.3 Å². The number of aryl methyl sites for hydroxylation is 1. The Labute approximate surface area is 179 Å². The number of benzene rings is 2. The molecule has 0 aliphatic carbocycles. The number of aromatic hydroxyl groups is 1. The molecule has 2 aromatic carbocycles. The fraction of sp³-hybridized carbons (Fsp3) is 0.400. The minimum absolute atomic E-state index is 0.00248. The molecule has 0 atom stereocenters. The number of likely N-dealkylation sites (tertiary alicyclic amines) is 1. The van der Waals surface area contributed by atoms with E-state index in [0.29, 0.717) is 25.3 Å². The Hall–Kier alpha value is -2.79. The molecule has 30 heavy (non-hydrogen) atoms. The molecule has 5 heteroatoms. The van der Waals surface area contributed by atoms with Gasteiger partial charge in [0.05, 0.1) is 6.61 Å². The van der Waals surface area contributed by atoms with Crippen molar-refractivity contribution < 1.29 is 14.6 Å². The largest absolute Gasteiger partial charge is 0.507 e. The van der Waals surface area contributed by atoms with Gasteiger partial charge < -0.3 is 15.2 Å². The maximum absolute atomic E-state index is 12.6. The van der Waals surface area contributed by atoms with Crippen molar-refractivity contribution in [1.82, 2.24) is 10.2 Å². The van der Waals surface area contributed by atoms with Crippen LogP contribution in [0.2, 0.25) is 0 Å². The lowest BCUT2D eigenvalue weighted by Gasteiger charge is -2.32. The molecule has 0 bridgehead atoms. The van der Waals surface area contributed by atoms with Gasteiger partial charge in [0, 0.05) is 42.4 Å². The number of amides is 1. The van der Waals surface area contributed by atoms with Crippen LogP contribution >= 0.6 is 0 Å². The molecule has 2 N–H and O–H groups in total. The van der Waals surface area contributed by atoms with E-state index in [2.05, 4.69) is 16.8 Å². The average Bonchev–Trinajstić information content (AvgIpc) is 2.73. The third-order valence-electron chi connectivity index (χ3n) is 5.62. The fourth-order valence-electron chi connectivity index (χ4n) is 3.98. The summed E-state index contributed by atoms with van der Waals surface area (Å²) < 4.78 is 5.68. The summed E-state index contributed by atoms with van der Waals surface area (Å²) in [5.74, 6) is 1.11. The van der Waals surface area contributed by atoms with E-state index in [0.717, 1.165) is 53.9 Å². The van der Waals surface area contributed by atoms with Crippen LogP contribution < -0.4 is 10.1 Å². The van der Waals surface area contributed by atoms with Crippen LogP contribution in [0.3, 0.4) is 0 Å². The highest BCUT2D eigenvalue weighted by Gasteiger charge is 2.23. The molecule has 1 heterocycles. The van der Waals surface area contributed by atoms with E-state index < -0.39 is 0 Å². The Morgan fingerprint density at radius 2 is 1.97 bits per heavy atom. The van der Waals surface area contributed by atoms with Gasteiger partial charge >= 0.3 is 0 Å². The van der Waals surface area contributed by atoms with E-state index >= 15 is 0 Å². The number of carbonyl (C=O) groups excluding carboxylic acids is 1. The quantitative estimate of drug-likeness (QED) is 0.642.